The maximum Gasteiger partial charge on any atom is 0.433 e. The van der Waals surface area contributed by atoms with Gasteiger partial charge >= 0.3 is 6.18 Å². The van der Waals surface area contributed by atoms with Crippen LogP contribution in [0.1, 0.15) is 11.4 Å². The van der Waals surface area contributed by atoms with Crippen molar-refractivity contribution in [3.05, 3.63) is 40.9 Å². The summed E-state index contributed by atoms with van der Waals surface area (Å²) in [6.07, 6.45) is -4.04. The summed E-state index contributed by atoms with van der Waals surface area (Å²) in [5.41, 5.74) is -0.812. The van der Waals surface area contributed by atoms with E-state index in [1.807, 2.05) is 0 Å². The zero-order valence-electron chi connectivity index (χ0n) is 10.9. The molecule has 2 aromatic heterocycles. The maximum absolute atomic E-state index is 12.4. The lowest BCUT2D eigenvalue weighted by atomic mass is 10.3. The smallest absolute Gasteiger partial charge is 0.276 e. The van der Waals surface area contributed by atoms with Gasteiger partial charge in [0.2, 0.25) is 0 Å². The minimum atomic E-state index is -4.65. The van der Waals surface area contributed by atoms with E-state index in [1.165, 1.54) is 6.07 Å². The second kappa shape index (κ2) is 5.69. The Labute approximate surface area is 128 Å². The Kier molecular flexibility index (Phi) is 4.25. The first-order chi connectivity index (χ1) is 10.1. The lowest BCUT2D eigenvalue weighted by Gasteiger charge is -2.10. The van der Waals surface area contributed by atoms with Crippen LogP contribution in [-0.4, -0.2) is 23.6 Å². The minimum Gasteiger partial charge on any atom is -0.276 e. The summed E-state index contributed by atoms with van der Waals surface area (Å²) in [7, 11) is -4.15. The fourth-order valence-electron chi connectivity index (χ4n) is 1.46. The first kappa shape index (κ1) is 16.4. The molecule has 2 rings (SSSR count). The summed E-state index contributed by atoms with van der Waals surface area (Å²) < 4.78 is 63.5. The standard InChI is InChI=1S/C11H8ClF3N4O2S/c1-6-4-8(10(12)18-17-6)19-22(20,21)7-2-3-9(16-5-7)11(13,14)15/h2-5H,1H3,(H,17,19). The molecule has 0 saturated carbocycles. The Morgan fingerprint density at radius 2 is 1.91 bits per heavy atom. The van der Waals surface area contributed by atoms with Crippen molar-refractivity contribution in [1.82, 2.24) is 15.2 Å². The van der Waals surface area contributed by atoms with Crippen molar-refractivity contribution >= 4 is 27.3 Å². The number of rotatable bonds is 3. The van der Waals surface area contributed by atoms with E-state index in [2.05, 4.69) is 19.9 Å². The predicted molar refractivity (Wildman–Crippen MR) is 71.8 cm³/mol. The van der Waals surface area contributed by atoms with Crippen LogP contribution in [-0.2, 0) is 16.2 Å². The normalized spacial score (nSPS) is 12.2. The molecule has 2 aromatic rings. The molecule has 0 radical (unpaired) electrons. The van der Waals surface area contributed by atoms with E-state index in [0.717, 1.165) is 6.07 Å². The Hall–Kier alpha value is -1.94. The molecule has 0 aliphatic heterocycles. The minimum absolute atomic E-state index is 0.0333. The summed E-state index contributed by atoms with van der Waals surface area (Å²) in [6, 6.07) is 2.71. The Balaban J connectivity index is 2.33. The van der Waals surface area contributed by atoms with Crippen molar-refractivity contribution in [3.63, 3.8) is 0 Å². The number of nitrogens with zero attached hydrogens (tertiary/aromatic N) is 3. The molecule has 0 saturated heterocycles. The number of sulfonamides is 1. The average Bonchev–Trinajstić information content (AvgIpc) is 2.42. The van der Waals surface area contributed by atoms with Gasteiger partial charge in [0, 0.05) is 6.20 Å². The molecule has 22 heavy (non-hydrogen) atoms. The van der Waals surface area contributed by atoms with Crippen LogP contribution in [0.5, 0.6) is 0 Å². The largest absolute Gasteiger partial charge is 0.433 e. The first-order valence-corrected chi connectivity index (χ1v) is 7.51. The van der Waals surface area contributed by atoms with Crippen molar-refractivity contribution in [1.29, 1.82) is 0 Å². The summed E-state index contributed by atoms with van der Waals surface area (Å²) in [5, 5.41) is 6.97. The van der Waals surface area contributed by atoms with Gasteiger partial charge in [-0.1, -0.05) is 11.6 Å². The zero-order chi connectivity index (χ0) is 16.5. The van der Waals surface area contributed by atoms with Gasteiger partial charge in [0.25, 0.3) is 10.0 Å². The molecule has 0 amide bonds. The molecule has 0 spiro atoms. The first-order valence-electron chi connectivity index (χ1n) is 5.65. The number of aromatic nitrogens is 3. The van der Waals surface area contributed by atoms with E-state index in [0.29, 0.717) is 18.0 Å². The van der Waals surface area contributed by atoms with Crippen molar-refractivity contribution in [2.45, 2.75) is 18.0 Å². The molecule has 0 bridgehead atoms. The number of pyridine rings is 1. The van der Waals surface area contributed by atoms with Crippen LogP contribution in [0.4, 0.5) is 18.9 Å². The van der Waals surface area contributed by atoms with Gasteiger partial charge in [-0.25, -0.2) is 8.42 Å². The second-order valence-electron chi connectivity index (χ2n) is 4.17. The number of aryl methyl sites for hydroxylation is 1. The molecular weight excluding hydrogens is 345 g/mol. The molecule has 0 unspecified atom stereocenters. The van der Waals surface area contributed by atoms with Crippen LogP contribution in [0.25, 0.3) is 0 Å². The van der Waals surface area contributed by atoms with Gasteiger partial charge in [-0.05, 0) is 25.1 Å². The van der Waals surface area contributed by atoms with Crippen LogP contribution in [0.3, 0.4) is 0 Å². The Morgan fingerprint density at radius 1 is 1.23 bits per heavy atom. The fourth-order valence-corrected chi connectivity index (χ4v) is 2.65. The molecule has 2 heterocycles. The van der Waals surface area contributed by atoms with Crippen LogP contribution in [0.15, 0.2) is 29.3 Å². The van der Waals surface area contributed by atoms with Gasteiger partial charge in [-0.2, -0.15) is 18.3 Å². The number of hydrogen-bond donors (Lipinski definition) is 1. The number of alkyl halides is 3. The van der Waals surface area contributed by atoms with Crippen molar-refractivity contribution in [2.24, 2.45) is 0 Å². The molecule has 1 N–H and O–H groups in total. The Morgan fingerprint density at radius 3 is 2.45 bits per heavy atom. The van der Waals surface area contributed by atoms with Gasteiger partial charge in [0.1, 0.15) is 10.6 Å². The van der Waals surface area contributed by atoms with E-state index in [4.69, 9.17) is 11.6 Å². The highest BCUT2D eigenvalue weighted by molar-refractivity contribution is 7.92. The number of halogens is 4. The molecular formula is C11H8ClF3N4O2S. The summed E-state index contributed by atoms with van der Waals surface area (Å²) in [5.74, 6) is 0. The monoisotopic (exact) mass is 352 g/mol. The highest BCUT2D eigenvalue weighted by atomic mass is 35.5. The van der Waals surface area contributed by atoms with Crippen molar-refractivity contribution in [2.75, 3.05) is 4.72 Å². The second-order valence-corrected chi connectivity index (χ2v) is 6.21. The lowest BCUT2D eigenvalue weighted by molar-refractivity contribution is -0.141. The maximum atomic E-state index is 12.4. The van der Waals surface area contributed by atoms with Gasteiger partial charge in [-0.15, -0.1) is 5.10 Å². The topological polar surface area (TPSA) is 84.8 Å². The van der Waals surface area contributed by atoms with Crippen LogP contribution in [0, 0.1) is 6.92 Å². The third-order valence-electron chi connectivity index (χ3n) is 2.45. The Bertz CT molecular complexity index is 794. The number of nitrogens with one attached hydrogen (secondary N) is 1. The van der Waals surface area contributed by atoms with Gasteiger partial charge < -0.3 is 0 Å². The molecule has 118 valence electrons. The molecule has 0 fully saturated rings. The van der Waals surface area contributed by atoms with Gasteiger partial charge in [0.15, 0.2) is 5.15 Å². The molecule has 6 nitrogen and oxygen atoms in total. The quantitative estimate of drug-likeness (QED) is 0.918. The number of anilines is 1. The molecule has 11 heteroatoms. The third-order valence-corrected chi connectivity index (χ3v) is 4.08. The fraction of sp³-hybridized carbons (Fsp3) is 0.182. The summed E-state index contributed by atoms with van der Waals surface area (Å²) >= 11 is 5.71. The van der Waals surface area contributed by atoms with Crippen LogP contribution >= 0.6 is 11.6 Å². The van der Waals surface area contributed by atoms with Crippen molar-refractivity contribution in [3.8, 4) is 0 Å². The lowest BCUT2D eigenvalue weighted by Crippen LogP contribution is -2.15. The summed E-state index contributed by atoms with van der Waals surface area (Å²) in [6.45, 7) is 1.57. The highest BCUT2D eigenvalue weighted by Gasteiger charge is 2.32. The van der Waals surface area contributed by atoms with E-state index in [9.17, 15) is 21.6 Å². The van der Waals surface area contributed by atoms with Crippen LogP contribution in [0.2, 0.25) is 5.15 Å². The van der Waals surface area contributed by atoms with E-state index >= 15 is 0 Å². The average molecular weight is 353 g/mol. The number of hydrogen-bond acceptors (Lipinski definition) is 5. The van der Waals surface area contributed by atoms with Gasteiger partial charge in [0.05, 0.1) is 11.4 Å². The molecule has 0 aromatic carbocycles. The van der Waals surface area contributed by atoms with Crippen LogP contribution < -0.4 is 4.72 Å². The SMILES string of the molecule is Cc1cc(NS(=O)(=O)c2ccc(C(F)(F)F)nc2)c(Cl)nn1. The van der Waals surface area contributed by atoms with Crippen molar-refractivity contribution < 1.29 is 21.6 Å². The third kappa shape index (κ3) is 3.63. The molecule has 0 atom stereocenters. The van der Waals surface area contributed by atoms with E-state index in [1.54, 1.807) is 6.92 Å². The summed E-state index contributed by atoms with van der Waals surface area (Å²) in [4.78, 5) is 2.65. The molecule has 0 aliphatic rings. The van der Waals surface area contributed by atoms with E-state index in [-0.39, 0.29) is 10.8 Å². The zero-order valence-corrected chi connectivity index (χ0v) is 12.5. The molecule has 0 aliphatic carbocycles. The van der Waals surface area contributed by atoms with Gasteiger partial charge in [-0.3, -0.25) is 9.71 Å². The predicted octanol–water partition coefficient (Wildman–Crippen LogP) is 2.65. The van der Waals surface area contributed by atoms with E-state index < -0.39 is 26.8 Å². The highest BCUT2D eigenvalue weighted by Crippen LogP contribution is 2.28.